The first-order chi connectivity index (χ1) is 12.8. The summed E-state index contributed by atoms with van der Waals surface area (Å²) in [4.78, 5) is 24.4. The van der Waals surface area contributed by atoms with Crippen molar-refractivity contribution >= 4 is 27.6 Å². The van der Waals surface area contributed by atoms with Gasteiger partial charge in [-0.3, -0.25) is 14.6 Å². The number of nitrogens with zero attached hydrogens (tertiary/aromatic N) is 3. The van der Waals surface area contributed by atoms with Crippen LogP contribution >= 0.6 is 11.3 Å². The molecule has 1 fully saturated rings. The van der Waals surface area contributed by atoms with E-state index in [2.05, 4.69) is 56.2 Å². The van der Waals surface area contributed by atoms with Crippen LogP contribution < -0.4 is 5.56 Å². The van der Waals surface area contributed by atoms with Gasteiger partial charge in [-0.25, -0.2) is 4.98 Å². The van der Waals surface area contributed by atoms with Crippen molar-refractivity contribution in [3.8, 4) is 0 Å². The van der Waals surface area contributed by atoms with E-state index in [4.69, 9.17) is 0 Å². The van der Waals surface area contributed by atoms with Gasteiger partial charge in [0.25, 0.3) is 5.56 Å². The highest BCUT2D eigenvalue weighted by atomic mass is 32.1. The highest BCUT2D eigenvalue weighted by Crippen LogP contribution is 2.14. The number of fused-ring (bicyclic) bond motifs is 1. The summed E-state index contributed by atoms with van der Waals surface area (Å²) in [5, 5.41) is 1.92. The average molecular weight is 366 g/mol. The Morgan fingerprint density at radius 3 is 2.65 bits per heavy atom. The molecule has 1 aliphatic heterocycles. The van der Waals surface area contributed by atoms with E-state index in [9.17, 15) is 4.79 Å². The number of nitrogens with one attached hydrogen (secondary N) is 1. The molecule has 1 aromatic carbocycles. The van der Waals surface area contributed by atoms with Gasteiger partial charge < -0.3 is 4.98 Å². The summed E-state index contributed by atoms with van der Waals surface area (Å²) < 4.78 is 0.712. The van der Waals surface area contributed by atoms with E-state index in [0.29, 0.717) is 11.2 Å². The zero-order valence-electron chi connectivity index (χ0n) is 14.6. The van der Waals surface area contributed by atoms with Crippen LogP contribution in [0.2, 0.25) is 0 Å². The van der Waals surface area contributed by atoms with Crippen molar-refractivity contribution in [1.82, 2.24) is 19.8 Å². The summed E-state index contributed by atoms with van der Waals surface area (Å²) >= 11 is 1.44. The van der Waals surface area contributed by atoms with Crippen LogP contribution in [0.25, 0.3) is 16.3 Å². The SMILES string of the molecule is O=c1[nH]c(CN2CCN(C/C=C/c3ccccc3)CC2)nc2ccsc12. The van der Waals surface area contributed by atoms with Gasteiger partial charge in [-0.1, -0.05) is 42.5 Å². The van der Waals surface area contributed by atoms with E-state index >= 15 is 0 Å². The van der Waals surface area contributed by atoms with Gasteiger partial charge in [-0.05, 0) is 17.0 Å². The predicted octanol–water partition coefficient (Wildman–Crippen LogP) is 2.82. The lowest BCUT2D eigenvalue weighted by molar-refractivity contribution is 0.134. The maximum atomic E-state index is 12.1. The summed E-state index contributed by atoms with van der Waals surface area (Å²) in [6.45, 7) is 5.72. The first-order valence-corrected chi connectivity index (χ1v) is 9.78. The number of hydrogen-bond donors (Lipinski definition) is 1. The molecule has 3 heterocycles. The van der Waals surface area contributed by atoms with Gasteiger partial charge in [0.1, 0.15) is 10.5 Å². The molecule has 0 amide bonds. The largest absolute Gasteiger partial charge is 0.308 e. The number of H-pyrrole nitrogens is 1. The second kappa shape index (κ2) is 7.95. The van der Waals surface area contributed by atoms with Gasteiger partial charge in [0, 0.05) is 32.7 Å². The molecule has 6 heteroatoms. The molecular weight excluding hydrogens is 344 g/mol. The fourth-order valence-corrected chi connectivity index (χ4v) is 3.97. The average Bonchev–Trinajstić information content (AvgIpc) is 3.13. The standard InChI is InChI=1S/C20H22N4OS/c25-20-19-17(8-14-26-19)21-18(22-20)15-24-12-10-23(11-13-24)9-4-7-16-5-2-1-3-6-16/h1-8,14H,9-13,15H2,(H,21,22,25)/b7-4+. The third-order valence-electron chi connectivity index (χ3n) is 4.68. The van der Waals surface area contributed by atoms with Crippen LogP contribution in [0.4, 0.5) is 0 Å². The lowest BCUT2D eigenvalue weighted by Crippen LogP contribution is -2.46. The molecule has 0 radical (unpaired) electrons. The van der Waals surface area contributed by atoms with Crippen molar-refractivity contribution in [2.45, 2.75) is 6.54 Å². The van der Waals surface area contributed by atoms with Crippen LogP contribution in [-0.2, 0) is 6.54 Å². The molecule has 4 rings (SSSR count). The van der Waals surface area contributed by atoms with E-state index in [0.717, 1.165) is 44.1 Å². The zero-order valence-corrected chi connectivity index (χ0v) is 15.4. The molecule has 1 N–H and O–H groups in total. The molecule has 0 saturated carbocycles. The van der Waals surface area contributed by atoms with Gasteiger partial charge in [0.2, 0.25) is 0 Å². The minimum atomic E-state index is -0.0234. The first kappa shape index (κ1) is 17.1. The molecule has 0 spiro atoms. The first-order valence-electron chi connectivity index (χ1n) is 8.91. The number of hydrogen-bond acceptors (Lipinski definition) is 5. The Labute approximate surface area is 156 Å². The lowest BCUT2D eigenvalue weighted by atomic mass is 10.2. The third kappa shape index (κ3) is 4.09. The molecule has 3 aromatic rings. The van der Waals surface area contributed by atoms with E-state index < -0.39 is 0 Å². The fraction of sp³-hybridized carbons (Fsp3) is 0.300. The Morgan fingerprint density at radius 1 is 1.08 bits per heavy atom. The molecule has 0 unspecified atom stereocenters. The number of aromatic nitrogens is 2. The van der Waals surface area contributed by atoms with Crippen molar-refractivity contribution in [3.63, 3.8) is 0 Å². The quantitative estimate of drug-likeness (QED) is 0.754. The zero-order chi connectivity index (χ0) is 17.8. The highest BCUT2D eigenvalue weighted by Gasteiger charge is 2.17. The van der Waals surface area contributed by atoms with Crippen LogP contribution in [-0.4, -0.2) is 52.5 Å². The van der Waals surface area contributed by atoms with Crippen LogP contribution in [0.5, 0.6) is 0 Å². The summed E-state index contributed by atoms with van der Waals surface area (Å²) in [6, 6.07) is 12.3. The van der Waals surface area contributed by atoms with Crippen LogP contribution in [0.3, 0.4) is 0 Å². The Kier molecular flexibility index (Phi) is 5.24. The molecule has 1 saturated heterocycles. The Hall–Kier alpha value is -2.28. The molecule has 26 heavy (non-hydrogen) atoms. The Bertz CT molecular complexity index is 939. The molecule has 5 nitrogen and oxygen atoms in total. The molecule has 1 aliphatic rings. The molecule has 2 aromatic heterocycles. The van der Waals surface area contributed by atoms with Gasteiger partial charge in [-0.15, -0.1) is 11.3 Å². The Morgan fingerprint density at radius 2 is 1.85 bits per heavy atom. The summed E-state index contributed by atoms with van der Waals surface area (Å²) in [5.74, 6) is 0.762. The van der Waals surface area contributed by atoms with Crippen LogP contribution in [0.15, 0.2) is 52.6 Å². The number of aromatic amines is 1. The summed E-state index contributed by atoms with van der Waals surface area (Å²) in [7, 11) is 0. The monoisotopic (exact) mass is 366 g/mol. The predicted molar refractivity (Wildman–Crippen MR) is 107 cm³/mol. The fourth-order valence-electron chi connectivity index (χ4n) is 3.24. The number of benzene rings is 1. The van der Waals surface area contributed by atoms with Gasteiger partial charge in [-0.2, -0.15) is 0 Å². The molecule has 0 aliphatic carbocycles. The van der Waals surface area contributed by atoms with Crippen molar-refractivity contribution in [1.29, 1.82) is 0 Å². The summed E-state index contributed by atoms with van der Waals surface area (Å²) in [5.41, 5.74) is 2.02. The van der Waals surface area contributed by atoms with Crippen molar-refractivity contribution in [2.24, 2.45) is 0 Å². The van der Waals surface area contributed by atoms with Crippen molar-refractivity contribution < 1.29 is 0 Å². The molecule has 134 valence electrons. The molecule has 0 atom stereocenters. The topological polar surface area (TPSA) is 52.2 Å². The minimum Gasteiger partial charge on any atom is -0.308 e. The number of piperazine rings is 1. The van der Waals surface area contributed by atoms with Crippen LogP contribution in [0, 0.1) is 0 Å². The van der Waals surface area contributed by atoms with Gasteiger partial charge in [0.15, 0.2) is 0 Å². The smallest absolute Gasteiger partial charge is 0.268 e. The Balaban J connectivity index is 1.29. The third-order valence-corrected chi connectivity index (χ3v) is 5.58. The lowest BCUT2D eigenvalue weighted by Gasteiger charge is -2.33. The minimum absolute atomic E-state index is 0.0234. The normalized spacial score (nSPS) is 16.6. The highest BCUT2D eigenvalue weighted by molar-refractivity contribution is 7.17. The van der Waals surface area contributed by atoms with Crippen molar-refractivity contribution in [2.75, 3.05) is 32.7 Å². The molecular formula is C20H22N4OS. The van der Waals surface area contributed by atoms with Crippen LogP contribution in [0.1, 0.15) is 11.4 Å². The van der Waals surface area contributed by atoms with Crippen molar-refractivity contribution in [3.05, 3.63) is 69.6 Å². The maximum absolute atomic E-state index is 12.1. The summed E-state index contributed by atoms with van der Waals surface area (Å²) in [6.07, 6.45) is 4.41. The van der Waals surface area contributed by atoms with E-state index in [1.807, 2.05) is 17.5 Å². The second-order valence-corrected chi connectivity index (χ2v) is 7.45. The number of rotatable bonds is 5. The van der Waals surface area contributed by atoms with Gasteiger partial charge >= 0.3 is 0 Å². The maximum Gasteiger partial charge on any atom is 0.268 e. The van der Waals surface area contributed by atoms with E-state index in [1.54, 1.807) is 0 Å². The van der Waals surface area contributed by atoms with Gasteiger partial charge in [0.05, 0.1) is 12.1 Å². The molecule has 0 bridgehead atoms. The number of thiophene rings is 1. The second-order valence-electron chi connectivity index (χ2n) is 6.54. The van der Waals surface area contributed by atoms with E-state index in [-0.39, 0.29) is 5.56 Å². The van der Waals surface area contributed by atoms with E-state index in [1.165, 1.54) is 16.9 Å².